The van der Waals surface area contributed by atoms with Crippen molar-refractivity contribution in [2.45, 2.75) is 31.6 Å². The van der Waals surface area contributed by atoms with Crippen LogP contribution in [0.1, 0.15) is 30.5 Å². The average Bonchev–Trinajstić information content (AvgIpc) is 2.66. The summed E-state index contributed by atoms with van der Waals surface area (Å²) in [6.07, 6.45) is 0.652. The average molecular weight is 399 g/mol. The van der Waals surface area contributed by atoms with E-state index < -0.39 is 10.7 Å². The molecule has 0 radical (unpaired) electrons. The third-order valence-corrected chi connectivity index (χ3v) is 4.54. The predicted molar refractivity (Wildman–Crippen MR) is 108 cm³/mol. The van der Waals surface area contributed by atoms with Crippen molar-refractivity contribution in [2.24, 2.45) is 21.5 Å². The van der Waals surface area contributed by atoms with Gasteiger partial charge in [-0.1, -0.05) is 30.3 Å². The number of nitrogens with two attached hydrogens (primary N) is 2. The lowest BCUT2D eigenvalue weighted by atomic mass is 10.1. The van der Waals surface area contributed by atoms with Gasteiger partial charge in [-0.05, 0) is 30.5 Å². The van der Waals surface area contributed by atoms with E-state index >= 15 is 0 Å². The Bertz CT molecular complexity index is 961. The normalized spacial score (nSPS) is 21.1. The minimum Gasteiger partial charge on any atom is -0.370 e. The maximum absolute atomic E-state index is 13.9. The Balaban J connectivity index is 1.73. The lowest BCUT2D eigenvalue weighted by Gasteiger charge is -2.33. The van der Waals surface area contributed by atoms with E-state index in [2.05, 4.69) is 20.6 Å². The van der Waals surface area contributed by atoms with E-state index in [4.69, 9.17) is 11.5 Å². The molecular formula is C19H22FN7O2. The number of hydrogen-bond acceptors (Lipinski definition) is 6. The van der Waals surface area contributed by atoms with Gasteiger partial charge >= 0.3 is 0 Å². The summed E-state index contributed by atoms with van der Waals surface area (Å²) in [6.45, 7) is 1.83. The van der Waals surface area contributed by atoms with E-state index in [1.807, 2.05) is 6.92 Å². The molecule has 2 aromatic carbocycles. The zero-order chi connectivity index (χ0) is 21.0. The summed E-state index contributed by atoms with van der Waals surface area (Å²) in [5, 5.41) is 16.6. The van der Waals surface area contributed by atoms with Crippen molar-refractivity contribution in [3.63, 3.8) is 0 Å². The highest BCUT2D eigenvalue weighted by Crippen LogP contribution is 2.21. The second kappa shape index (κ2) is 8.23. The summed E-state index contributed by atoms with van der Waals surface area (Å²) in [6, 6.07) is 12.3. The molecule has 0 fully saturated rings. The molecule has 1 aliphatic rings. The molecule has 0 amide bonds. The molecule has 1 aliphatic heterocycles. The molecule has 10 heteroatoms. The van der Waals surface area contributed by atoms with Gasteiger partial charge in [-0.3, -0.25) is 21.2 Å². The molecule has 1 heterocycles. The highest BCUT2D eigenvalue weighted by atomic mass is 19.1. The summed E-state index contributed by atoms with van der Waals surface area (Å²) in [7, 11) is 0. The molecule has 2 aromatic rings. The first-order valence-corrected chi connectivity index (χ1v) is 9.01. The van der Waals surface area contributed by atoms with Crippen LogP contribution in [0.3, 0.4) is 0 Å². The van der Waals surface area contributed by atoms with Crippen molar-refractivity contribution in [3.8, 4) is 0 Å². The number of halogens is 1. The van der Waals surface area contributed by atoms with Crippen LogP contribution in [0.15, 0.2) is 58.5 Å². The fourth-order valence-corrected chi connectivity index (χ4v) is 2.98. The fraction of sp³-hybridized carbons (Fsp3) is 0.263. The van der Waals surface area contributed by atoms with Gasteiger partial charge in [0.15, 0.2) is 11.7 Å². The molecule has 0 aromatic heterocycles. The maximum atomic E-state index is 13.9. The van der Waals surface area contributed by atoms with Gasteiger partial charge in [-0.2, -0.15) is 0 Å². The van der Waals surface area contributed by atoms with Crippen LogP contribution in [-0.2, 0) is 6.42 Å². The Morgan fingerprint density at radius 2 is 1.97 bits per heavy atom. The van der Waals surface area contributed by atoms with Gasteiger partial charge in [-0.25, -0.2) is 14.4 Å². The van der Waals surface area contributed by atoms with Crippen LogP contribution in [0.5, 0.6) is 0 Å². The first-order chi connectivity index (χ1) is 13.8. The monoisotopic (exact) mass is 399 g/mol. The Kier molecular flexibility index (Phi) is 5.74. The predicted octanol–water partition coefficient (Wildman–Crippen LogP) is 1.90. The number of aliphatic imine (C=N–C) groups is 2. The van der Waals surface area contributed by atoms with Crippen molar-refractivity contribution in [2.75, 3.05) is 0 Å². The summed E-state index contributed by atoms with van der Waals surface area (Å²) in [5.74, 6) is -1.14. The van der Waals surface area contributed by atoms with Gasteiger partial charge in [-0.15, -0.1) is 0 Å². The highest BCUT2D eigenvalue weighted by Gasteiger charge is 2.30. The summed E-state index contributed by atoms with van der Waals surface area (Å²) in [4.78, 5) is 19.0. The Labute approximate surface area is 166 Å². The van der Waals surface area contributed by atoms with Gasteiger partial charge in [0, 0.05) is 18.6 Å². The van der Waals surface area contributed by atoms with Gasteiger partial charge < -0.3 is 11.1 Å². The molecular weight excluding hydrogens is 377 g/mol. The second-order valence-electron chi connectivity index (χ2n) is 6.77. The number of aryl methyl sites for hydroxylation is 1. The maximum Gasteiger partial charge on any atom is 0.269 e. The van der Waals surface area contributed by atoms with Crippen molar-refractivity contribution < 1.29 is 9.31 Å². The quantitative estimate of drug-likeness (QED) is 0.431. The van der Waals surface area contributed by atoms with Crippen LogP contribution < -0.4 is 22.1 Å². The van der Waals surface area contributed by atoms with Crippen molar-refractivity contribution in [1.29, 1.82) is 0 Å². The van der Waals surface area contributed by atoms with E-state index in [1.54, 1.807) is 30.3 Å². The summed E-state index contributed by atoms with van der Waals surface area (Å²) in [5.41, 5.74) is 13.5. The summed E-state index contributed by atoms with van der Waals surface area (Å²) >= 11 is 0. The first kappa shape index (κ1) is 20.2. The Morgan fingerprint density at radius 1 is 1.28 bits per heavy atom. The number of rotatable bonds is 6. The minimum atomic E-state index is -1.24. The standard InChI is InChI=1S/C19H22FN7O2/c1-12(13-6-8-15(9-7-13)27(28)29)23-18-24-17(21)25-19(22,26-18)11-10-14-4-2-3-5-16(14)20/h2-9,12H,10-11,22H2,1H3,(H4,21,23,24,25,26)/t12-,19?/m0/s1. The van der Waals surface area contributed by atoms with Gasteiger partial charge in [0.25, 0.3) is 5.69 Å². The zero-order valence-corrected chi connectivity index (χ0v) is 15.8. The molecule has 0 bridgehead atoms. The number of nitrogens with zero attached hydrogens (tertiary/aromatic N) is 3. The first-order valence-electron chi connectivity index (χ1n) is 9.01. The Hall–Kier alpha value is -3.53. The van der Waals surface area contributed by atoms with Crippen LogP contribution in [0.4, 0.5) is 10.1 Å². The molecule has 152 valence electrons. The van der Waals surface area contributed by atoms with E-state index in [9.17, 15) is 14.5 Å². The third kappa shape index (κ3) is 5.05. The number of guanidine groups is 2. The van der Waals surface area contributed by atoms with E-state index in [0.717, 1.165) is 5.56 Å². The van der Waals surface area contributed by atoms with E-state index in [0.29, 0.717) is 24.4 Å². The fourth-order valence-electron chi connectivity index (χ4n) is 2.98. The molecule has 0 spiro atoms. The Morgan fingerprint density at radius 3 is 2.62 bits per heavy atom. The number of benzene rings is 2. The molecule has 0 aliphatic carbocycles. The highest BCUT2D eigenvalue weighted by molar-refractivity contribution is 6.00. The zero-order valence-electron chi connectivity index (χ0n) is 15.8. The molecule has 3 rings (SSSR count). The number of non-ortho nitro benzene ring substituents is 1. The number of hydrogen-bond donors (Lipinski definition) is 4. The van der Waals surface area contributed by atoms with Crippen molar-refractivity contribution >= 4 is 17.6 Å². The lowest BCUT2D eigenvalue weighted by molar-refractivity contribution is -0.384. The van der Waals surface area contributed by atoms with Crippen LogP contribution in [0.2, 0.25) is 0 Å². The molecule has 6 N–H and O–H groups in total. The largest absolute Gasteiger partial charge is 0.370 e. The number of nitrogens with one attached hydrogen (secondary N) is 2. The summed E-state index contributed by atoms with van der Waals surface area (Å²) < 4.78 is 13.9. The molecule has 1 unspecified atom stereocenters. The minimum absolute atomic E-state index is 0.00742. The second-order valence-corrected chi connectivity index (χ2v) is 6.77. The number of nitro benzene ring substituents is 1. The van der Waals surface area contributed by atoms with Gasteiger partial charge in [0.1, 0.15) is 5.82 Å². The molecule has 9 nitrogen and oxygen atoms in total. The molecule has 29 heavy (non-hydrogen) atoms. The smallest absolute Gasteiger partial charge is 0.269 e. The SMILES string of the molecule is C[C@H](N=C1NC(N)=NC(N)(CCc2ccccc2F)N1)c1ccc([N+](=O)[O-])cc1. The number of nitro groups is 1. The van der Waals surface area contributed by atoms with Gasteiger partial charge in [0.05, 0.1) is 11.0 Å². The molecule has 0 saturated carbocycles. The van der Waals surface area contributed by atoms with Gasteiger partial charge in [0.2, 0.25) is 5.96 Å². The molecule has 2 atom stereocenters. The molecule has 0 saturated heterocycles. The van der Waals surface area contributed by atoms with E-state index in [-0.39, 0.29) is 23.5 Å². The van der Waals surface area contributed by atoms with Crippen LogP contribution in [-0.4, -0.2) is 22.6 Å². The van der Waals surface area contributed by atoms with Crippen molar-refractivity contribution in [3.05, 3.63) is 75.6 Å². The van der Waals surface area contributed by atoms with E-state index in [1.165, 1.54) is 18.2 Å². The topological polar surface area (TPSA) is 144 Å². The van der Waals surface area contributed by atoms with Crippen molar-refractivity contribution in [1.82, 2.24) is 10.6 Å². The van der Waals surface area contributed by atoms with Crippen LogP contribution >= 0.6 is 0 Å². The van der Waals surface area contributed by atoms with Crippen LogP contribution in [0, 0.1) is 15.9 Å². The lowest BCUT2D eigenvalue weighted by Crippen LogP contribution is -2.64. The van der Waals surface area contributed by atoms with Crippen LogP contribution in [0.25, 0.3) is 0 Å². The third-order valence-electron chi connectivity index (χ3n) is 4.54.